The van der Waals surface area contributed by atoms with Gasteiger partial charge < -0.3 is 0 Å². The van der Waals surface area contributed by atoms with Crippen molar-refractivity contribution in [2.45, 2.75) is 0 Å². The van der Waals surface area contributed by atoms with Crippen molar-refractivity contribution in [1.29, 1.82) is 0 Å². The van der Waals surface area contributed by atoms with Crippen molar-refractivity contribution < 1.29 is 27.6 Å². The van der Waals surface area contributed by atoms with Crippen LogP contribution in [0, 0.1) is 0 Å². The number of aromatic nitrogens is 1. The van der Waals surface area contributed by atoms with Gasteiger partial charge in [-0.25, -0.2) is 5.26 Å². The normalized spacial score (nSPS) is 10.0. The molecule has 2 N–H and O–H groups in total. The van der Waals surface area contributed by atoms with Gasteiger partial charge in [0.25, 0.3) is 0 Å². The molecule has 0 aliphatic rings. The summed E-state index contributed by atoms with van der Waals surface area (Å²) < 4.78 is 28.9. The molecular weight excluding hydrogens is 202 g/mol. The summed E-state index contributed by atoms with van der Waals surface area (Å²) >= 11 is 0. The Labute approximate surface area is 74.4 Å². The van der Waals surface area contributed by atoms with Crippen LogP contribution in [0.3, 0.4) is 0 Å². The van der Waals surface area contributed by atoms with E-state index < -0.39 is 10.4 Å². The molecule has 7 nitrogen and oxygen atoms in total. The molecule has 0 spiro atoms. The second-order valence-corrected chi connectivity index (χ2v) is 2.59. The minimum absolute atomic E-state index is 1.75. The lowest BCUT2D eigenvalue weighted by molar-refractivity contribution is -0.439. The molecule has 0 atom stereocenters. The van der Waals surface area contributed by atoms with Gasteiger partial charge in [-0.2, -0.15) is 8.42 Å². The van der Waals surface area contributed by atoms with Gasteiger partial charge >= 0.3 is 10.4 Å². The smallest absolute Gasteiger partial charge is 0.265 e. The minimum atomic E-state index is -4.65. The molecule has 0 fully saturated rings. The van der Waals surface area contributed by atoms with Crippen molar-refractivity contribution in [3.63, 3.8) is 0 Å². The zero-order valence-corrected chi connectivity index (χ0v) is 7.09. The molecule has 74 valence electrons. The first-order valence-corrected chi connectivity index (χ1v) is 4.25. The summed E-state index contributed by atoms with van der Waals surface area (Å²) in [4.78, 5) is 3.78. The van der Waals surface area contributed by atoms with Crippen LogP contribution in [0.1, 0.15) is 0 Å². The molecular formula is C5H7NO6S. The molecule has 13 heavy (non-hydrogen) atoms. The van der Waals surface area contributed by atoms with Gasteiger partial charge in [-0.3, -0.25) is 9.54 Å². The summed E-state index contributed by atoms with van der Waals surface area (Å²) in [5.41, 5.74) is 0. The monoisotopic (exact) mass is 209 g/mol. The van der Waals surface area contributed by atoms with E-state index in [1.165, 1.54) is 0 Å². The fraction of sp³-hybridized carbons (Fsp3) is 0. The Bertz CT molecular complexity index is 271. The Morgan fingerprint density at radius 3 is 1.77 bits per heavy atom. The summed E-state index contributed by atoms with van der Waals surface area (Å²) in [6.45, 7) is 0. The Morgan fingerprint density at radius 2 is 1.69 bits per heavy atom. The quantitative estimate of drug-likeness (QED) is 0.409. The summed E-state index contributed by atoms with van der Waals surface area (Å²) in [5.74, 6) is 0. The standard InChI is InChI=1S/C5H5N.H2O6S/c1-2-4-6-5-3-1;1-5-6-7(2,3)4/h1-5H;1H,(H,2,3,4). The van der Waals surface area contributed by atoms with Crippen LogP contribution < -0.4 is 0 Å². The molecule has 0 aliphatic heterocycles. The maximum absolute atomic E-state index is 9.28. The van der Waals surface area contributed by atoms with E-state index in [-0.39, 0.29) is 0 Å². The first-order chi connectivity index (χ1) is 6.06. The van der Waals surface area contributed by atoms with Gasteiger partial charge in [0, 0.05) is 12.4 Å². The maximum Gasteiger partial charge on any atom is 0.426 e. The molecule has 1 rings (SSSR count). The van der Waals surface area contributed by atoms with E-state index in [0.717, 1.165) is 0 Å². The van der Waals surface area contributed by atoms with Crippen molar-refractivity contribution in [1.82, 2.24) is 4.98 Å². The number of hydrogen-bond donors (Lipinski definition) is 2. The Morgan fingerprint density at radius 1 is 1.15 bits per heavy atom. The van der Waals surface area contributed by atoms with Crippen molar-refractivity contribution in [2.24, 2.45) is 0 Å². The summed E-state index contributed by atoms with van der Waals surface area (Å²) in [7, 11) is -4.65. The van der Waals surface area contributed by atoms with Gasteiger partial charge in [-0.1, -0.05) is 15.4 Å². The fourth-order valence-corrected chi connectivity index (χ4v) is 0.428. The number of pyridine rings is 1. The van der Waals surface area contributed by atoms with Gasteiger partial charge in [0.05, 0.1) is 0 Å². The van der Waals surface area contributed by atoms with Crippen LogP contribution in [0.5, 0.6) is 0 Å². The summed E-state index contributed by atoms with van der Waals surface area (Å²) in [6, 6.07) is 5.72. The van der Waals surface area contributed by atoms with E-state index in [2.05, 4.69) is 14.4 Å². The van der Waals surface area contributed by atoms with Crippen LogP contribution in [0.15, 0.2) is 30.6 Å². The highest BCUT2D eigenvalue weighted by atomic mass is 32.3. The van der Waals surface area contributed by atoms with Crippen LogP contribution in [-0.4, -0.2) is 23.2 Å². The zero-order valence-electron chi connectivity index (χ0n) is 6.27. The van der Waals surface area contributed by atoms with Gasteiger partial charge in [0.1, 0.15) is 0 Å². The average Bonchev–Trinajstić information content (AvgIpc) is 2.06. The van der Waals surface area contributed by atoms with E-state index >= 15 is 0 Å². The minimum Gasteiger partial charge on any atom is -0.265 e. The topological polar surface area (TPSA) is 106 Å². The van der Waals surface area contributed by atoms with Crippen molar-refractivity contribution in [3.8, 4) is 0 Å². The van der Waals surface area contributed by atoms with Crippen molar-refractivity contribution in [3.05, 3.63) is 30.6 Å². The molecule has 1 aromatic heterocycles. The maximum atomic E-state index is 9.28. The van der Waals surface area contributed by atoms with Crippen LogP contribution >= 0.6 is 0 Å². The lowest BCUT2D eigenvalue weighted by atomic mass is 10.5. The van der Waals surface area contributed by atoms with E-state index in [1.54, 1.807) is 12.4 Å². The van der Waals surface area contributed by atoms with E-state index in [0.29, 0.717) is 0 Å². The van der Waals surface area contributed by atoms with Gasteiger partial charge in [-0.15, -0.1) is 0 Å². The predicted molar refractivity (Wildman–Crippen MR) is 40.6 cm³/mol. The largest absolute Gasteiger partial charge is 0.426 e. The highest BCUT2D eigenvalue weighted by molar-refractivity contribution is 7.80. The van der Waals surface area contributed by atoms with E-state index in [4.69, 9.17) is 9.81 Å². The molecule has 0 saturated carbocycles. The highest BCUT2D eigenvalue weighted by Crippen LogP contribution is 1.81. The molecule has 0 bridgehead atoms. The van der Waals surface area contributed by atoms with Gasteiger partial charge in [0.15, 0.2) is 0 Å². The van der Waals surface area contributed by atoms with Crippen LogP contribution in [0.25, 0.3) is 0 Å². The van der Waals surface area contributed by atoms with Crippen molar-refractivity contribution in [2.75, 3.05) is 0 Å². The van der Waals surface area contributed by atoms with Crippen LogP contribution in [0.4, 0.5) is 0 Å². The second-order valence-electron chi connectivity index (χ2n) is 1.59. The van der Waals surface area contributed by atoms with Crippen molar-refractivity contribution >= 4 is 10.4 Å². The number of nitrogens with zero attached hydrogens (tertiary/aromatic N) is 1. The van der Waals surface area contributed by atoms with Gasteiger partial charge in [0.2, 0.25) is 0 Å². The highest BCUT2D eigenvalue weighted by Gasteiger charge is 2.02. The molecule has 0 saturated heterocycles. The first-order valence-electron chi connectivity index (χ1n) is 2.88. The molecule has 0 radical (unpaired) electrons. The third-order valence-electron chi connectivity index (χ3n) is 0.683. The third-order valence-corrected chi connectivity index (χ3v) is 0.916. The van der Waals surface area contributed by atoms with E-state index in [1.807, 2.05) is 18.2 Å². The third kappa shape index (κ3) is 10.9. The molecule has 8 heteroatoms. The molecule has 0 unspecified atom stereocenters. The molecule has 1 heterocycles. The second kappa shape index (κ2) is 6.46. The molecule has 0 aliphatic carbocycles. The number of rotatable bonds is 2. The number of hydrogen-bond acceptors (Lipinski definition) is 6. The molecule has 0 aromatic carbocycles. The zero-order chi connectivity index (χ0) is 10.2. The summed E-state index contributed by atoms with van der Waals surface area (Å²) in [5, 5.41) is 9.71. The van der Waals surface area contributed by atoms with Crippen LogP contribution in [0.2, 0.25) is 0 Å². The Balaban J connectivity index is 0.000000223. The van der Waals surface area contributed by atoms with E-state index in [9.17, 15) is 8.42 Å². The predicted octanol–water partition coefficient (Wildman–Crippen LogP) is 0.292. The fourth-order valence-electron chi connectivity index (χ4n) is 0.351. The lowest BCUT2D eigenvalue weighted by Gasteiger charge is -1.85. The Kier molecular flexibility index (Phi) is 5.93. The van der Waals surface area contributed by atoms with Gasteiger partial charge in [-0.05, 0) is 12.1 Å². The summed E-state index contributed by atoms with van der Waals surface area (Å²) in [6.07, 6.45) is 3.50. The lowest BCUT2D eigenvalue weighted by Crippen LogP contribution is -2.01. The molecule has 1 aromatic rings. The Hall–Kier alpha value is -1.06. The molecule has 0 amide bonds. The SMILES string of the molecule is O=S(=O)(O)OOO.c1ccncc1. The average molecular weight is 209 g/mol. The first kappa shape index (κ1) is 11.9. The van der Waals surface area contributed by atoms with Crippen LogP contribution in [-0.2, 0) is 19.8 Å².